The van der Waals surface area contributed by atoms with E-state index >= 15 is 0 Å². The molecule has 106 valence electrons. The van der Waals surface area contributed by atoms with Crippen molar-refractivity contribution < 1.29 is 22.9 Å². The van der Waals surface area contributed by atoms with Gasteiger partial charge in [-0.3, -0.25) is 9.19 Å². The van der Waals surface area contributed by atoms with E-state index in [-0.39, 0.29) is 5.82 Å². The van der Waals surface area contributed by atoms with E-state index in [9.17, 15) is 18.2 Å². The normalized spacial score (nSPS) is 11.2. The van der Waals surface area contributed by atoms with E-state index in [2.05, 4.69) is 9.74 Å². The molecule has 0 saturated carbocycles. The Morgan fingerprint density at radius 2 is 2.00 bits per heavy atom. The standard InChI is InChI=1S/C6H5F.C5H7BN2O4S/c7-6-4-2-1-3-5-6;9-6(12-8-13(10)11)5-2-1-3-7-4-5/h1-5H;1-4,8-9H,(H,10,11)/p-1. The SMILES string of the molecule is Fc1ccccc1.O=S([O-])NOB(O)c1cccnc1. The molecule has 0 aliphatic carbocycles. The quantitative estimate of drug-likeness (QED) is 0.467. The minimum absolute atomic E-state index is 0.178. The van der Waals surface area contributed by atoms with Crippen molar-refractivity contribution in [3.8, 4) is 0 Å². The molecule has 1 unspecified atom stereocenters. The Hall–Kier alpha value is -1.65. The number of benzene rings is 1. The average molecular weight is 297 g/mol. The zero-order chi connectivity index (χ0) is 14.8. The van der Waals surface area contributed by atoms with Gasteiger partial charge in [0.2, 0.25) is 0 Å². The van der Waals surface area contributed by atoms with Crippen molar-refractivity contribution in [1.29, 1.82) is 0 Å². The molecule has 0 spiro atoms. The summed E-state index contributed by atoms with van der Waals surface area (Å²) in [6, 6.07) is 11.1. The number of aromatic nitrogens is 1. The Morgan fingerprint density at radius 3 is 2.45 bits per heavy atom. The number of nitrogens with zero attached hydrogens (tertiary/aromatic N) is 1. The molecule has 20 heavy (non-hydrogen) atoms. The van der Waals surface area contributed by atoms with Crippen molar-refractivity contribution in [2.24, 2.45) is 0 Å². The van der Waals surface area contributed by atoms with Crippen LogP contribution in [0.5, 0.6) is 0 Å². The lowest BCUT2D eigenvalue weighted by Crippen LogP contribution is -2.39. The summed E-state index contributed by atoms with van der Waals surface area (Å²) in [5, 5.41) is 9.17. The zero-order valence-electron chi connectivity index (χ0n) is 10.2. The lowest BCUT2D eigenvalue weighted by atomic mass is 9.81. The molecule has 2 aromatic rings. The molecule has 0 bridgehead atoms. The second-order valence-electron chi connectivity index (χ2n) is 3.37. The second kappa shape index (κ2) is 9.29. The highest BCUT2D eigenvalue weighted by Crippen LogP contribution is 1.91. The highest BCUT2D eigenvalue weighted by atomic mass is 32.2. The lowest BCUT2D eigenvalue weighted by Gasteiger charge is -2.09. The van der Waals surface area contributed by atoms with Gasteiger partial charge < -0.3 is 14.3 Å². The first-order chi connectivity index (χ1) is 9.59. The van der Waals surface area contributed by atoms with Gasteiger partial charge in [0.15, 0.2) is 0 Å². The van der Waals surface area contributed by atoms with E-state index < -0.39 is 18.4 Å². The molecule has 0 amide bonds. The van der Waals surface area contributed by atoms with Gasteiger partial charge in [-0.05, 0) is 18.2 Å². The fourth-order valence-electron chi connectivity index (χ4n) is 1.09. The van der Waals surface area contributed by atoms with E-state index in [4.69, 9.17) is 0 Å². The molecule has 1 aromatic heterocycles. The van der Waals surface area contributed by atoms with Crippen molar-refractivity contribution in [2.45, 2.75) is 0 Å². The molecule has 6 nitrogen and oxygen atoms in total. The molecule has 1 atom stereocenters. The van der Waals surface area contributed by atoms with Crippen LogP contribution in [0.3, 0.4) is 0 Å². The largest absolute Gasteiger partial charge is 0.758 e. The van der Waals surface area contributed by atoms with Gasteiger partial charge in [-0.1, -0.05) is 24.3 Å². The lowest BCUT2D eigenvalue weighted by molar-refractivity contribution is 0.224. The molecule has 9 heteroatoms. The number of rotatable bonds is 4. The Morgan fingerprint density at radius 1 is 1.30 bits per heavy atom. The Balaban J connectivity index is 0.000000240. The highest BCUT2D eigenvalue weighted by molar-refractivity contribution is 7.76. The zero-order valence-corrected chi connectivity index (χ0v) is 11.0. The van der Waals surface area contributed by atoms with Crippen molar-refractivity contribution in [2.75, 3.05) is 0 Å². The van der Waals surface area contributed by atoms with Crippen LogP contribution in [0.1, 0.15) is 0 Å². The third-order valence-electron chi connectivity index (χ3n) is 1.93. The smallest absolute Gasteiger partial charge is 0.510 e. The van der Waals surface area contributed by atoms with Gasteiger partial charge in [-0.2, -0.15) is 0 Å². The summed E-state index contributed by atoms with van der Waals surface area (Å²) >= 11 is -2.56. The number of pyridine rings is 1. The monoisotopic (exact) mass is 297 g/mol. The fourth-order valence-corrected chi connectivity index (χ4v) is 1.26. The molecule has 2 rings (SSSR count). The van der Waals surface area contributed by atoms with Gasteiger partial charge >= 0.3 is 7.12 Å². The summed E-state index contributed by atoms with van der Waals surface area (Å²) in [6.45, 7) is 0. The molecule has 2 N–H and O–H groups in total. The first kappa shape index (κ1) is 16.4. The summed E-state index contributed by atoms with van der Waals surface area (Å²) in [4.78, 5) is 5.29. The van der Waals surface area contributed by atoms with E-state index in [0.717, 1.165) is 0 Å². The Kier molecular flexibility index (Phi) is 7.62. The molecule has 0 saturated heterocycles. The van der Waals surface area contributed by atoms with Gasteiger partial charge in [0.25, 0.3) is 0 Å². The fraction of sp³-hybridized carbons (Fsp3) is 0. The number of halogens is 1. The minimum atomic E-state index is -2.56. The van der Waals surface area contributed by atoms with Crippen LogP contribution in [0.15, 0.2) is 54.9 Å². The average Bonchev–Trinajstić information content (AvgIpc) is 2.47. The van der Waals surface area contributed by atoms with Crippen LogP contribution in [0.2, 0.25) is 0 Å². The van der Waals surface area contributed by atoms with Crippen molar-refractivity contribution in [3.63, 3.8) is 0 Å². The molecule has 0 aliphatic rings. The predicted molar refractivity (Wildman–Crippen MR) is 71.4 cm³/mol. The highest BCUT2D eigenvalue weighted by Gasteiger charge is 2.16. The van der Waals surface area contributed by atoms with E-state index in [1.54, 1.807) is 35.2 Å². The molecule has 1 heterocycles. The van der Waals surface area contributed by atoms with Crippen molar-refractivity contribution in [1.82, 2.24) is 9.87 Å². The maximum absolute atomic E-state index is 11.9. The Labute approximate surface area is 118 Å². The minimum Gasteiger partial charge on any atom is -0.758 e. The van der Waals surface area contributed by atoms with Crippen LogP contribution >= 0.6 is 0 Å². The van der Waals surface area contributed by atoms with Gasteiger partial charge in [-0.15, -0.1) is 4.89 Å². The Bertz CT molecular complexity index is 520. The summed E-state index contributed by atoms with van der Waals surface area (Å²) < 4.78 is 36.2. The maximum atomic E-state index is 11.9. The second-order valence-corrected chi connectivity index (χ2v) is 4.01. The predicted octanol–water partition coefficient (Wildman–Crippen LogP) is -0.0899. The van der Waals surface area contributed by atoms with Crippen LogP contribution in [0.4, 0.5) is 4.39 Å². The van der Waals surface area contributed by atoms with Crippen LogP contribution in [-0.2, 0) is 16.0 Å². The summed E-state index contributed by atoms with van der Waals surface area (Å²) in [7, 11) is -1.36. The molecule has 0 aliphatic heterocycles. The summed E-state index contributed by atoms with van der Waals surface area (Å²) in [5.74, 6) is -0.178. The van der Waals surface area contributed by atoms with Crippen LogP contribution in [-0.4, -0.2) is 25.9 Å². The molecule has 0 fully saturated rings. The molecular formula is C11H11BFN2O4S-. The van der Waals surface area contributed by atoms with Crippen molar-refractivity contribution in [3.05, 3.63) is 60.7 Å². The van der Waals surface area contributed by atoms with Gasteiger partial charge in [-0.25, -0.2) is 4.39 Å². The van der Waals surface area contributed by atoms with Gasteiger partial charge in [0, 0.05) is 29.1 Å². The first-order valence-corrected chi connectivity index (χ1v) is 6.46. The topological polar surface area (TPSA) is 94.5 Å². The van der Waals surface area contributed by atoms with Crippen LogP contribution in [0, 0.1) is 5.82 Å². The first-order valence-electron chi connectivity index (χ1n) is 5.38. The molecule has 0 radical (unpaired) electrons. The summed E-state index contributed by atoms with van der Waals surface area (Å²) in [6.07, 6.45) is 2.88. The van der Waals surface area contributed by atoms with E-state index in [1.165, 1.54) is 24.5 Å². The van der Waals surface area contributed by atoms with Gasteiger partial charge in [0.1, 0.15) is 5.82 Å². The molecule has 1 aromatic carbocycles. The maximum Gasteiger partial charge on any atom is 0.510 e. The van der Waals surface area contributed by atoms with Crippen molar-refractivity contribution >= 4 is 23.8 Å². The van der Waals surface area contributed by atoms with Gasteiger partial charge in [0.05, 0.1) is 0 Å². The number of hydrogen-bond acceptors (Lipinski definition) is 5. The van der Waals surface area contributed by atoms with E-state index in [1.807, 2.05) is 0 Å². The third-order valence-corrected chi connectivity index (χ3v) is 2.16. The van der Waals surface area contributed by atoms with Crippen LogP contribution < -0.4 is 10.3 Å². The summed E-state index contributed by atoms with van der Waals surface area (Å²) in [5.41, 5.74) is 0.362. The number of hydrogen-bond donors (Lipinski definition) is 2. The third kappa shape index (κ3) is 7.07. The van der Waals surface area contributed by atoms with E-state index in [0.29, 0.717) is 5.46 Å². The molecular weight excluding hydrogens is 286 g/mol. The number of nitrogens with one attached hydrogen (secondary N) is 1. The van der Waals surface area contributed by atoms with Crippen LogP contribution in [0.25, 0.3) is 0 Å².